The van der Waals surface area contributed by atoms with Gasteiger partial charge in [0.1, 0.15) is 21.0 Å². The molecule has 146 valence electrons. The van der Waals surface area contributed by atoms with Crippen LogP contribution in [0.2, 0.25) is 0 Å². The number of benzene rings is 1. The van der Waals surface area contributed by atoms with E-state index >= 15 is 0 Å². The van der Waals surface area contributed by atoms with E-state index in [9.17, 15) is 4.79 Å². The normalized spacial score (nSPS) is 11.9. The zero-order valence-corrected chi connectivity index (χ0v) is 17.5. The van der Waals surface area contributed by atoms with Crippen LogP contribution in [-0.4, -0.2) is 20.4 Å². The van der Waals surface area contributed by atoms with Crippen LogP contribution >= 0.6 is 11.3 Å². The molecule has 0 atom stereocenters. The standard InChI is InChI=1S/C23H22N4OS/c1-4-18-24-16(3)20-15(2)21(29-23(20)25-18)22(28)26-19-12-8-9-13-27(19)14-17-10-6-5-7-11-17/h5-13H,4,14H2,1-3H3. The second-order valence-corrected chi connectivity index (χ2v) is 7.90. The monoisotopic (exact) mass is 402 g/mol. The smallest absolute Gasteiger partial charge is 0.289 e. The molecule has 3 heterocycles. The summed E-state index contributed by atoms with van der Waals surface area (Å²) in [5.41, 5.74) is 3.61. The summed E-state index contributed by atoms with van der Waals surface area (Å²) < 4.78 is 1.98. The maximum atomic E-state index is 13.1. The molecule has 0 radical (unpaired) electrons. The van der Waals surface area contributed by atoms with Crippen molar-refractivity contribution in [2.45, 2.75) is 33.7 Å². The maximum absolute atomic E-state index is 13.1. The lowest BCUT2D eigenvalue weighted by molar-refractivity contribution is 0.100. The van der Waals surface area contributed by atoms with Gasteiger partial charge in [-0.05, 0) is 37.1 Å². The Kier molecular flexibility index (Phi) is 5.36. The molecule has 0 saturated carbocycles. The van der Waals surface area contributed by atoms with E-state index in [1.807, 2.05) is 67.9 Å². The topological polar surface area (TPSA) is 60.1 Å². The Hall–Kier alpha value is -3.12. The summed E-state index contributed by atoms with van der Waals surface area (Å²) >= 11 is 1.40. The van der Waals surface area contributed by atoms with Crippen LogP contribution in [0, 0.1) is 13.8 Å². The van der Waals surface area contributed by atoms with Gasteiger partial charge in [0, 0.05) is 30.2 Å². The van der Waals surface area contributed by atoms with E-state index < -0.39 is 0 Å². The number of fused-ring (bicyclic) bond motifs is 1. The molecule has 1 amide bonds. The molecule has 0 aliphatic carbocycles. The van der Waals surface area contributed by atoms with E-state index in [0.29, 0.717) is 16.9 Å². The number of hydrogen-bond acceptors (Lipinski definition) is 4. The lowest BCUT2D eigenvalue weighted by Gasteiger charge is -2.07. The number of carbonyl (C=O) groups excluding carboxylic acids is 1. The first-order valence-electron chi connectivity index (χ1n) is 9.62. The van der Waals surface area contributed by atoms with Gasteiger partial charge < -0.3 is 4.57 Å². The zero-order valence-electron chi connectivity index (χ0n) is 16.7. The van der Waals surface area contributed by atoms with Crippen LogP contribution in [0.25, 0.3) is 10.2 Å². The van der Waals surface area contributed by atoms with Gasteiger partial charge in [0.2, 0.25) is 0 Å². The number of hydrogen-bond donors (Lipinski definition) is 0. The first-order valence-corrected chi connectivity index (χ1v) is 10.4. The van der Waals surface area contributed by atoms with Crippen LogP contribution in [0.5, 0.6) is 0 Å². The van der Waals surface area contributed by atoms with E-state index in [1.54, 1.807) is 0 Å². The minimum atomic E-state index is -0.240. The molecule has 0 saturated heterocycles. The fraction of sp³-hybridized carbons (Fsp3) is 0.217. The minimum Gasteiger partial charge on any atom is -0.328 e. The van der Waals surface area contributed by atoms with Crippen molar-refractivity contribution in [3.63, 3.8) is 0 Å². The molecule has 1 aromatic carbocycles. The van der Waals surface area contributed by atoms with Gasteiger partial charge in [0.15, 0.2) is 0 Å². The number of aromatic nitrogens is 3. The van der Waals surface area contributed by atoms with E-state index in [0.717, 1.165) is 39.3 Å². The number of carbonyl (C=O) groups is 1. The van der Waals surface area contributed by atoms with Crippen molar-refractivity contribution >= 4 is 27.5 Å². The molecule has 0 bridgehead atoms. The lowest BCUT2D eigenvalue weighted by Crippen LogP contribution is -2.22. The Bertz CT molecular complexity index is 1260. The van der Waals surface area contributed by atoms with Gasteiger partial charge in [-0.3, -0.25) is 4.79 Å². The van der Waals surface area contributed by atoms with Crippen LogP contribution in [0.15, 0.2) is 59.7 Å². The molecule has 0 aliphatic heterocycles. The van der Waals surface area contributed by atoms with E-state index in [-0.39, 0.29) is 5.91 Å². The number of rotatable bonds is 4. The van der Waals surface area contributed by atoms with E-state index in [2.05, 4.69) is 27.1 Å². The summed E-state index contributed by atoms with van der Waals surface area (Å²) in [6.45, 7) is 6.61. The van der Waals surface area contributed by atoms with E-state index in [4.69, 9.17) is 0 Å². The molecule has 3 aromatic heterocycles. The number of nitrogens with zero attached hydrogens (tertiary/aromatic N) is 4. The number of aryl methyl sites for hydroxylation is 3. The van der Waals surface area contributed by atoms with Gasteiger partial charge in [-0.2, -0.15) is 4.99 Å². The van der Waals surface area contributed by atoms with Crippen LogP contribution in [0.3, 0.4) is 0 Å². The highest BCUT2D eigenvalue weighted by atomic mass is 32.1. The van der Waals surface area contributed by atoms with Crippen molar-refractivity contribution in [2.24, 2.45) is 4.99 Å². The molecule has 29 heavy (non-hydrogen) atoms. The third-order valence-electron chi connectivity index (χ3n) is 4.86. The van der Waals surface area contributed by atoms with E-state index in [1.165, 1.54) is 11.3 Å². The first kappa shape index (κ1) is 19.2. The molecule has 5 nitrogen and oxygen atoms in total. The quantitative estimate of drug-likeness (QED) is 0.506. The van der Waals surface area contributed by atoms with Gasteiger partial charge in [-0.1, -0.05) is 43.3 Å². The van der Waals surface area contributed by atoms with Crippen molar-refractivity contribution in [3.8, 4) is 0 Å². The highest BCUT2D eigenvalue weighted by Gasteiger charge is 2.18. The number of amides is 1. The van der Waals surface area contributed by atoms with Crippen LogP contribution in [0.4, 0.5) is 0 Å². The fourth-order valence-electron chi connectivity index (χ4n) is 3.39. The minimum absolute atomic E-state index is 0.240. The molecule has 0 unspecified atom stereocenters. The SMILES string of the molecule is CCc1nc(C)c2c(C)c(C(=O)N=c3ccccn3Cc3ccccc3)sc2n1. The Morgan fingerprint density at radius 1 is 1.07 bits per heavy atom. The summed E-state index contributed by atoms with van der Waals surface area (Å²) in [6.07, 6.45) is 2.71. The largest absolute Gasteiger partial charge is 0.328 e. The van der Waals surface area contributed by atoms with Crippen LogP contribution in [0.1, 0.15) is 39.2 Å². The molecular formula is C23H22N4OS. The average molecular weight is 403 g/mol. The molecule has 4 rings (SSSR count). The number of pyridine rings is 1. The Labute approximate surface area is 173 Å². The number of thiophene rings is 1. The van der Waals surface area contributed by atoms with Gasteiger partial charge in [0.25, 0.3) is 5.91 Å². The predicted molar refractivity (Wildman–Crippen MR) is 116 cm³/mol. The van der Waals surface area contributed by atoms with Crippen molar-refractivity contribution in [3.05, 3.63) is 87.7 Å². The van der Waals surface area contributed by atoms with Gasteiger partial charge in [-0.15, -0.1) is 11.3 Å². The predicted octanol–water partition coefficient (Wildman–Crippen LogP) is 4.46. The lowest BCUT2D eigenvalue weighted by atomic mass is 10.1. The Balaban J connectivity index is 1.76. The average Bonchev–Trinajstić information content (AvgIpc) is 3.07. The Morgan fingerprint density at radius 3 is 2.59 bits per heavy atom. The molecular weight excluding hydrogens is 380 g/mol. The summed E-state index contributed by atoms with van der Waals surface area (Å²) in [5.74, 6) is 0.562. The maximum Gasteiger partial charge on any atom is 0.289 e. The highest BCUT2D eigenvalue weighted by Crippen LogP contribution is 2.31. The van der Waals surface area contributed by atoms with Crippen molar-refractivity contribution in [2.75, 3.05) is 0 Å². The molecule has 0 N–H and O–H groups in total. The zero-order chi connectivity index (χ0) is 20.4. The Morgan fingerprint density at radius 2 is 1.83 bits per heavy atom. The molecule has 6 heteroatoms. The third-order valence-corrected chi connectivity index (χ3v) is 6.03. The second kappa shape index (κ2) is 8.09. The van der Waals surface area contributed by atoms with Gasteiger partial charge in [0.05, 0.1) is 0 Å². The summed E-state index contributed by atoms with van der Waals surface area (Å²) in [5, 5.41) is 0.968. The summed E-state index contributed by atoms with van der Waals surface area (Å²) in [4.78, 5) is 28.1. The second-order valence-electron chi connectivity index (χ2n) is 6.90. The first-order chi connectivity index (χ1) is 14.1. The van der Waals surface area contributed by atoms with Crippen molar-refractivity contribution in [1.29, 1.82) is 0 Å². The molecule has 4 aromatic rings. The highest BCUT2D eigenvalue weighted by molar-refractivity contribution is 7.20. The summed E-state index contributed by atoms with van der Waals surface area (Å²) in [6, 6.07) is 15.8. The van der Waals surface area contributed by atoms with Crippen LogP contribution in [-0.2, 0) is 13.0 Å². The molecule has 0 aliphatic rings. The van der Waals surface area contributed by atoms with Crippen molar-refractivity contribution in [1.82, 2.24) is 14.5 Å². The summed E-state index contributed by atoms with van der Waals surface area (Å²) in [7, 11) is 0. The van der Waals surface area contributed by atoms with Gasteiger partial charge in [-0.25, -0.2) is 9.97 Å². The third kappa shape index (κ3) is 3.89. The fourth-order valence-corrected chi connectivity index (χ4v) is 4.53. The van der Waals surface area contributed by atoms with Crippen molar-refractivity contribution < 1.29 is 4.79 Å². The van der Waals surface area contributed by atoms with Crippen LogP contribution < -0.4 is 5.49 Å². The molecule has 0 fully saturated rings. The molecule has 0 spiro atoms. The van der Waals surface area contributed by atoms with Gasteiger partial charge >= 0.3 is 0 Å².